The van der Waals surface area contributed by atoms with Crippen LogP contribution in [0.5, 0.6) is 0 Å². The second kappa shape index (κ2) is 10.7. The molecule has 0 radical (unpaired) electrons. The number of hydrogen-bond donors (Lipinski definition) is 2. The van der Waals surface area contributed by atoms with Gasteiger partial charge in [0.25, 0.3) is 0 Å². The number of carbonyl (C=O) groups is 2. The Labute approximate surface area is 190 Å². The lowest BCUT2D eigenvalue weighted by Crippen LogP contribution is -2.51. The van der Waals surface area contributed by atoms with Crippen LogP contribution < -0.4 is 10.6 Å². The monoisotopic (exact) mass is 441 g/mol. The van der Waals surface area contributed by atoms with E-state index in [1.807, 2.05) is 0 Å². The number of amides is 2. The van der Waals surface area contributed by atoms with Crippen molar-refractivity contribution >= 4 is 17.6 Å². The highest BCUT2D eigenvalue weighted by atomic mass is 16.5. The molecule has 0 atom stereocenters. The summed E-state index contributed by atoms with van der Waals surface area (Å²) in [4.78, 5) is 28.7. The zero-order valence-corrected chi connectivity index (χ0v) is 19.6. The van der Waals surface area contributed by atoms with Crippen LogP contribution >= 0.6 is 0 Å². The van der Waals surface area contributed by atoms with Crippen molar-refractivity contribution < 1.29 is 14.1 Å². The van der Waals surface area contributed by atoms with E-state index in [0.717, 1.165) is 32.6 Å². The molecule has 0 bridgehead atoms. The van der Waals surface area contributed by atoms with Crippen LogP contribution in [0.15, 0.2) is 34.9 Å². The van der Waals surface area contributed by atoms with Crippen molar-refractivity contribution in [1.82, 2.24) is 20.3 Å². The van der Waals surface area contributed by atoms with E-state index in [1.165, 1.54) is 11.1 Å². The van der Waals surface area contributed by atoms with Crippen molar-refractivity contribution in [3.63, 3.8) is 0 Å². The first-order valence-corrected chi connectivity index (χ1v) is 11.2. The summed E-state index contributed by atoms with van der Waals surface area (Å²) in [5.41, 5.74) is 2.69. The molecule has 1 aliphatic heterocycles. The highest BCUT2D eigenvalue weighted by molar-refractivity contribution is 5.91. The third-order valence-corrected chi connectivity index (χ3v) is 5.65. The Kier molecular flexibility index (Phi) is 8.04. The summed E-state index contributed by atoms with van der Waals surface area (Å²) < 4.78 is 4.95. The number of nitrogens with one attached hydrogen (secondary N) is 2. The average Bonchev–Trinajstić information content (AvgIpc) is 3.13. The number of rotatable bonds is 8. The van der Waals surface area contributed by atoms with Crippen LogP contribution in [-0.4, -0.2) is 72.6 Å². The van der Waals surface area contributed by atoms with Crippen LogP contribution in [0.2, 0.25) is 0 Å². The van der Waals surface area contributed by atoms with Gasteiger partial charge in [-0.3, -0.25) is 19.4 Å². The van der Waals surface area contributed by atoms with Crippen molar-refractivity contribution in [2.45, 2.75) is 39.5 Å². The molecule has 1 aromatic carbocycles. The first-order chi connectivity index (χ1) is 15.2. The topological polar surface area (TPSA) is 90.7 Å². The Morgan fingerprint density at radius 2 is 1.59 bits per heavy atom. The van der Waals surface area contributed by atoms with E-state index in [9.17, 15) is 9.59 Å². The van der Waals surface area contributed by atoms with Gasteiger partial charge in [0.05, 0.1) is 13.1 Å². The van der Waals surface area contributed by atoms with E-state index in [-0.39, 0.29) is 17.2 Å². The van der Waals surface area contributed by atoms with Gasteiger partial charge in [-0.1, -0.05) is 50.2 Å². The molecule has 1 fully saturated rings. The summed E-state index contributed by atoms with van der Waals surface area (Å²) in [6, 6.07) is 10.3. The van der Waals surface area contributed by atoms with Gasteiger partial charge < -0.3 is 15.2 Å². The molecular weight excluding hydrogens is 406 g/mol. The smallest absolute Gasteiger partial charge is 0.239 e. The standard InChI is InChI=1S/C24H35N5O3/c1-18-15-21(27-32-18)26-23(31)17-29-13-11-28(12-14-29)16-22(30)25-10-9-19-5-7-20(8-6-19)24(2,3)4/h5-8,15H,9-14,16-17H2,1-4H3,(H,25,30)(H,26,27,31). The lowest BCUT2D eigenvalue weighted by Gasteiger charge is -2.33. The molecule has 1 aliphatic rings. The molecule has 32 heavy (non-hydrogen) atoms. The fraction of sp³-hybridized carbons (Fsp3) is 0.542. The minimum Gasteiger partial charge on any atom is -0.360 e. The molecular formula is C24H35N5O3. The second-order valence-corrected chi connectivity index (χ2v) is 9.47. The predicted octanol–water partition coefficient (Wildman–Crippen LogP) is 2.20. The third-order valence-electron chi connectivity index (χ3n) is 5.65. The van der Waals surface area contributed by atoms with Gasteiger partial charge in [-0.15, -0.1) is 0 Å². The minimum absolute atomic E-state index is 0.0453. The molecule has 2 N–H and O–H groups in total. The van der Waals surface area contributed by atoms with E-state index in [2.05, 4.69) is 70.6 Å². The van der Waals surface area contributed by atoms with Gasteiger partial charge in [0, 0.05) is 38.8 Å². The fourth-order valence-corrected chi connectivity index (χ4v) is 3.69. The van der Waals surface area contributed by atoms with Gasteiger partial charge in [0.15, 0.2) is 5.82 Å². The fourth-order valence-electron chi connectivity index (χ4n) is 3.69. The van der Waals surface area contributed by atoms with Crippen molar-refractivity contribution in [2.24, 2.45) is 0 Å². The van der Waals surface area contributed by atoms with Crippen LogP contribution in [0.4, 0.5) is 5.82 Å². The zero-order chi connectivity index (χ0) is 23.1. The second-order valence-electron chi connectivity index (χ2n) is 9.47. The molecule has 0 unspecified atom stereocenters. The minimum atomic E-state index is -0.111. The molecule has 3 rings (SSSR count). The maximum absolute atomic E-state index is 12.3. The van der Waals surface area contributed by atoms with Gasteiger partial charge in [0.1, 0.15) is 5.76 Å². The van der Waals surface area contributed by atoms with Gasteiger partial charge >= 0.3 is 0 Å². The molecule has 8 nitrogen and oxygen atoms in total. The van der Waals surface area contributed by atoms with E-state index in [0.29, 0.717) is 31.2 Å². The summed E-state index contributed by atoms with van der Waals surface area (Å²) in [5, 5.41) is 9.53. The van der Waals surface area contributed by atoms with Crippen LogP contribution in [0.3, 0.4) is 0 Å². The average molecular weight is 442 g/mol. The number of carbonyl (C=O) groups excluding carboxylic acids is 2. The summed E-state index contributed by atoms with van der Waals surface area (Å²) in [6.45, 7) is 12.7. The molecule has 1 saturated heterocycles. The summed E-state index contributed by atoms with van der Waals surface area (Å²) in [6.07, 6.45) is 0.824. The Morgan fingerprint density at radius 1 is 1.00 bits per heavy atom. The molecule has 0 aliphatic carbocycles. The van der Waals surface area contributed by atoms with Crippen molar-refractivity contribution in [1.29, 1.82) is 0 Å². The van der Waals surface area contributed by atoms with Crippen molar-refractivity contribution in [3.8, 4) is 0 Å². The van der Waals surface area contributed by atoms with Crippen LogP contribution in [0, 0.1) is 6.92 Å². The number of piperazine rings is 1. The maximum atomic E-state index is 12.3. The van der Waals surface area contributed by atoms with Gasteiger partial charge in [0.2, 0.25) is 11.8 Å². The zero-order valence-electron chi connectivity index (χ0n) is 19.6. The van der Waals surface area contributed by atoms with E-state index in [4.69, 9.17) is 4.52 Å². The Bertz CT molecular complexity index is 893. The number of hydrogen-bond acceptors (Lipinski definition) is 6. The summed E-state index contributed by atoms with van der Waals surface area (Å²) in [5.74, 6) is 1.03. The predicted molar refractivity (Wildman–Crippen MR) is 125 cm³/mol. The molecule has 0 saturated carbocycles. The highest BCUT2D eigenvalue weighted by Gasteiger charge is 2.21. The lowest BCUT2D eigenvalue weighted by molar-refractivity contribution is -0.123. The van der Waals surface area contributed by atoms with E-state index in [1.54, 1.807) is 13.0 Å². The molecule has 2 heterocycles. The van der Waals surface area contributed by atoms with Crippen molar-refractivity contribution in [3.05, 3.63) is 47.2 Å². The Morgan fingerprint density at radius 3 is 2.12 bits per heavy atom. The van der Waals surface area contributed by atoms with Crippen LogP contribution in [-0.2, 0) is 21.4 Å². The summed E-state index contributed by atoms with van der Waals surface area (Å²) in [7, 11) is 0. The third kappa shape index (κ3) is 7.46. The SMILES string of the molecule is Cc1cc(NC(=O)CN2CCN(CC(=O)NCCc3ccc(C(C)(C)C)cc3)CC2)no1. The molecule has 0 spiro atoms. The van der Waals surface area contributed by atoms with Gasteiger partial charge in [-0.05, 0) is 29.9 Å². The maximum Gasteiger partial charge on any atom is 0.239 e. The number of nitrogens with zero attached hydrogens (tertiary/aromatic N) is 3. The van der Waals surface area contributed by atoms with Crippen molar-refractivity contribution in [2.75, 3.05) is 51.1 Å². The molecule has 1 aromatic heterocycles. The molecule has 174 valence electrons. The first-order valence-electron chi connectivity index (χ1n) is 11.2. The Hall–Kier alpha value is -2.71. The molecule has 2 aromatic rings. The number of aromatic nitrogens is 1. The Balaban J connectivity index is 1.31. The van der Waals surface area contributed by atoms with E-state index < -0.39 is 0 Å². The van der Waals surface area contributed by atoms with Crippen LogP contribution in [0.25, 0.3) is 0 Å². The number of benzene rings is 1. The number of aryl methyl sites for hydroxylation is 1. The van der Waals surface area contributed by atoms with Crippen LogP contribution in [0.1, 0.15) is 37.7 Å². The largest absolute Gasteiger partial charge is 0.360 e. The van der Waals surface area contributed by atoms with Gasteiger partial charge in [-0.2, -0.15) is 0 Å². The molecule has 2 amide bonds. The number of anilines is 1. The van der Waals surface area contributed by atoms with Gasteiger partial charge in [-0.25, -0.2) is 0 Å². The lowest BCUT2D eigenvalue weighted by atomic mass is 9.86. The molecule has 8 heteroatoms. The highest BCUT2D eigenvalue weighted by Crippen LogP contribution is 2.22. The summed E-state index contributed by atoms with van der Waals surface area (Å²) >= 11 is 0. The normalized spacial score (nSPS) is 15.5. The first kappa shape index (κ1) is 23.9. The van der Waals surface area contributed by atoms with E-state index >= 15 is 0 Å². The quantitative estimate of drug-likeness (QED) is 0.653.